The summed E-state index contributed by atoms with van der Waals surface area (Å²) in [5, 5.41) is 8.87. The minimum Gasteiger partial charge on any atom is -0.465 e. The van der Waals surface area contributed by atoms with Crippen LogP contribution in [0, 0.1) is 5.82 Å². The summed E-state index contributed by atoms with van der Waals surface area (Å²) in [4.78, 5) is 14.0. The summed E-state index contributed by atoms with van der Waals surface area (Å²) in [6.07, 6.45) is 0.660. The molecule has 1 aliphatic heterocycles. The van der Waals surface area contributed by atoms with Crippen molar-refractivity contribution in [3.05, 3.63) is 30.1 Å². The van der Waals surface area contributed by atoms with Gasteiger partial charge in [0.05, 0.1) is 6.61 Å². The Hall–Kier alpha value is -2.09. The van der Waals surface area contributed by atoms with E-state index < -0.39 is 0 Å². The standard InChI is InChI=1S/C16H19FN4O2S/c1-3-13(14(22)23-4-2)24-16-19-18-15-20(9-10-21(15)16)12-7-5-11(17)6-8-12/h5-8,13H,3-4,9-10H2,1-2H3. The van der Waals surface area contributed by atoms with Gasteiger partial charge in [-0.25, -0.2) is 4.39 Å². The normalized spacial score (nSPS) is 14.5. The minimum atomic E-state index is -0.293. The van der Waals surface area contributed by atoms with Gasteiger partial charge in [0.15, 0.2) is 5.16 Å². The van der Waals surface area contributed by atoms with E-state index >= 15 is 0 Å². The van der Waals surface area contributed by atoms with E-state index in [9.17, 15) is 9.18 Å². The first-order valence-electron chi connectivity index (χ1n) is 7.93. The molecule has 1 atom stereocenters. The maximum Gasteiger partial charge on any atom is 0.319 e. The predicted molar refractivity (Wildman–Crippen MR) is 90.0 cm³/mol. The maximum absolute atomic E-state index is 13.1. The lowest BCUT2D eigenvalue weighted by atomic mass is 10.3. The molecule has 6 nitrogen and oxygen atoms in total. The zero-order valence-electron chi connectivity index (χ0n) is 13.6. The van der Waals surface area contributed by atoms with Crippen LogP contribution in [0.2, 0.25) is 0 Å². The molecule has 0 saturated heterocycles. The molecule has 0 amide bonds. The Bertz CT molecular complexity index is 719. The Morgan fingerprint density at radius 3 is 2.71 bits per heavy atom. The SMILES string of the molecule is CCOC(=O)C(CC)Sc1nnc2n1CCN2c1ccc(F)cc1. The van der Waals surface area contributed by atoms with Crippen LogP contribution < -0.4 is 4.90 Å². The van der Waals surface area contributed by atoms with E-state index in [1.807, 2.05) is 16.4 Å². The first-order chi connectivity index (χ1) is 11.6. The molecule has 24 heavy (non-hydrogen) atoms. The second-order valence-electron chi connectivity index (χ2n) is 5.33. The first kappa shape index (κ1) is 16.8. The fourth-order valence-corrected chi connectivity index (χ4v) is 3.56. The van der Waals surface area contributed by atoms with Crippen molar-refractivity contribution in [1.82, 2.24) is 14.8 Å². The van der Waals surface area contributed by atoms with E-state index in [0.29, 0.717) is 24.1 Å². The molecular formula is C16H19FN4O2S. The average Bonchev–Trinajstić information content (AvgIpc) is 3.16. The molecule has 1 aromatic heterocycles. The van der Waals surface area contributed by atoms with Gasteiger partial charge >= 0.3 is 5.97 Å². The topological polar surface area (TPSA) is 60.2 Å². The molecule has 2 heterocycles. The molecule has 128 valence electrons. The lowest BCUT2D eigenvalue weighted by Gasteiger charge is -2.15. The Morgan fingerprint density at radius 1 is 1.29 bits per heavy atom. The largest absolute Gasteiger partial charge is 0.465 e. The molecule has 2 aromatic rings. The number of ether oxygens (including phenoxy) is 1. The summed E-state index contributed by atoms with van der Waals surface area (Å²) in [6.45, 7) is 5.57. The number of halogens is 1. The van der Waals surface area contributed by atoms with Crippen LogP contribution >= 0.6 is 11.8 Å². The minimum absolute atomic E-state index is 0.226. The van der Waals surface area contributed by atoms with Gasteiger partial charge in [0.25, 0.3) is 0 Å². The Kier molecular flexibility index (Phi) is 5.03. The highest BCUT2D eigenvalue weighted by molar-refractivity contribution is 8.00. The number of esters is 1. The van der Waals surface area contributed by atoms with Crippen molar-refractivity contribution in [2.24, 2.45) is 0 Å². The lowest BCUT2D eigenvalue weighted by Crippen LogP contribution is -2.20. The van der Waals surface area contributed by atoms with Crippen LogP contribution in [0.4, 0.5) is 16.0 Å². The molecule has 0 saturated carbocycles. The van der Waals surface area contributed by atoms with E-state index in [4.69, 9.17) is 4.74 Å². The van der Waals surface area contributed by atoms with E-state index in [0.717, 1.165) is 18.8 Å². The van der Waals surface area contributed by atoms with E-state index in [1.54, 1.807) is 19.1 Å². The van der Waals surface area contributed by atoms with Gasteiger partial charge in [0.2, 0.25) is 5.95 Å². The van der Waals surface area contributed by atoms with Crippen LogP contribution in [0.15, 0.2) is 29.4 Å². The summed E-state index contributed by atoms with van der Waals surface area (Å²) in [5.74, 6) is 0.217. The molecule has 0 aliphatic carbocycles. The molecule has 0 bridgehead atoms. The fourth-order valence-electron chi connectivity index (χ4n) is 2.59. The number of hydrogen-bond donors (Lipinski definition) is 0. The van der Waals surface area contributed by atoms with E-state index in [1.165, 1.54) is 23.9 Å². The molecule has 3 rings (SSSR count). The van der Waals surface area contributed by atoms with Crippen molar-refractivity contribution in [1.29, 1.82) is 0 Å². The molecule has 8 heteroatoms. The molecular weight excluding hydrogens is 331 g/mol. The third-order valence-corrected chi connectivity index (χ3v) is 5.12. The van der Waals surface area contributed by atoms with Crippen LogP contribution in [0.3, 0.4) is 0 Å². The zero-order chi connectivity index (χ0) is 17.1. The van der Waals surface area contributed by atoms with Crippen molar-refractivity contribution >= 4 is 29.4 Å². The molecule has 1 aliphatic rings. The van der Waals surface area contributed by atoms with Crippen molar-refractivity contribution in [3.8, 4) is 0 Å². The number of carbonyl (C=O) groups excluding carboxylic acids is 1. The molecule has 0 fully saturated rings. The van der Waals surface area contributed by atoms with Crippen LogP contribution in [0.25, 0.3) is 0 Å². The second kappa shape index (κ2) is 7.21. The lowest BCUT2D eigenvalue weighted by molar-refractivity contribution is -0.142. The summed E-state index contributed by atoms with van der Waals surface area (Å²) >= 11 is 1.38. The first-order valence-corrected chi connectivity index (χ1v) is 8.81. The second-order valence-corrected chi connectivity index (χ2v) is 6.50. The highest BCUT2D eigenvalue weighted by Gasteiger charge is 2.29. The van der Waals surface area contributed by atoms with Crippen LogP contribution in [0.1, 0.15) is 20.3 Å². The molecule has 0 spiro atoms. The summed E-state index contributed by atoms with van der Waals surface area (Å²) in [7, 11) is 0. The number of carbonyl (C=O) groups is 1. The monoisotopic (exact) mass is 350 g/mol. The van der Waals surface area contributed by atoms with Crippen molar-refractivity contribution in [2.75, 3.05) is 18.1 Å². The molecule has 0 radical (unpaired) electrons. The van der Waals surface area contributed by atoms with Crippen LogP contribution in [0.5, 0.6) is 0 Å². The molecule has 0 N–H and O–H groups in total. The van der Waals surface area contributed by atoms with Gasteiger partial charge in [-0.05, 0) is 37.6 Å². The number of anilines is 2. The third kappa shape index (κ3) is 3.24. The van der Waals surface area contributed by atoms with E-state index in [2.05, 4.69) is 10.2 Å². The van der Waals surface area contributed by atoms with Gasteiger partial charge in [-0.1, -0.05) is 18.7 Å². The van der Waals surface area contributed by atoms with Gasteiger partial charge in [-0.3, -0.25) is 9.36 Å². The Labute approximate surface area is 144 Å². The zero-order valence-corrected chi connectivity index (χ0v) is 14.4. The summed E-state index contributed by atoms with van der Waals surface area (Å²) < 4.78 is 20.2. The summed E-state index contributed by atoms with van der Waals surface area (Å²) in [5.41, 5.74) is 0.872. The Morgan fingerprint density at radius 2 is 2.04 bits per heavy atom. The quantitative estimate of drug-likeness (QED) is 0.590. The third-order valence-electron chi connectivity index (χ3n) is 3.79. The van der Waals surface area contributed by atoms with Crippen molar-refractivity contribution in [2.45, 2.75) is 37.2 Å². The smallest absolute Gasteiger partial charge is 0.319 e. The van der Waals surface area contributed by atoms with Gasteiger partial charge in [-0.15, -0.1) is 10.2 Å². The fraction of sp³-hybridized carbons (Fsp3) is 0.438. The maximum atomic E-state index is 13.1. The molecule has 1 aromatic carbocycles. The predicted octanol–water partition coefficient (Wildman–Crippen LogP) is 3.00. The number of rotatable bonds is 6. The Balaban J connectivity index is 1.79. The van der Waals surface area contributed by atoms with Gasteiger partial charge < -0.3 is 9.64 Å². The van der Waals surface area contributed by atoms with Gasteiger partial charge in [0, 0.05) is 18.8 Å². The number of hydrogen-bond acceptors (Lipinski definition) is 6. The number of thioether (sulfide) groups is 1. The highest BCUT2D eigenvalue weighted by atomic mass is 32.2. The van der Waals surface area contributed by atoms with E-state index in [-0.39, 0.29) is 17.0 Å². The van der Waals surface area contributed by atoms with Crippen LogP contribution in [-0.2, 0) is 16.1 Å². The number of aromatic nitrogens is 3. The number of fused-ring (bicyclic) bond motifs is 1. The number of nitrogens with zero attached hydrogens (tertiary/aromatic N) is 4. The summed E-state index contributed by atoms with van der Waals surface area (Å²) in [6, 6.07) is 6.30. The van der Waals surface area contributed by atoms with Crippen molar-refractivity contribution in [3.63, 3.8) is 0 Å². The number of benzene rings is 1. The molecule has 1 unspecified atom stereocenters. The van der Waals surface area contributed by atoms with Crippen molar-refractivity contribution < 1.29 is 13.9 Å². The van der Waals surface area contributed by atoms with Crippen LogP contribution in [-0.4, -0.2) is 39.1 Å². The van der Waals surface area contributed by atoms with Gasteiger partial charge in [-0.2, -0.15) is 0 Å². The highest BCUT2D eigenvalue weighted by Crippen LogP contribution is 2.34. The average molecular weight is 350 g/mol. The van der Waals surface area contributed by atoms with Gasteiger partial charge in [0.1, 0.15) is 11.1 Å².